The Kier molecular flexibility index (Phi) is 4.12. The SMILES string of the molecule is Cc1ccccc1-c1cc(Oc2ccc(CO)cc2)ncn1. The highest BCUT2D eigenvalue weighted by Crippen LogP contribution is 2.25. The van der Waals surface area contributed by atoms with Crippen LogP contribution in [0.1, 0.15) is 11.1 Å². The number of nitrogens with zero attached hydrogens (tertiary/aromatic N) is 2. The quantitative estimate of drug-likeness (QED) is 0.796. The molecule has 1 heterocycles. The van der Waals surface area contributed by atoms with Crippen LogP contribution >= 0.6 is 0 Å². The van der Waals surface area contributed by atoms with Gasteiger partial charge in [0.1, 0.15) is 12.1 Å². The first-order valence-electron chi connectivity index (χ1n) is 7.02. The van der Waals surface area contributed by atoms with Crippen LogP contribution in [0.3, 0.4) is 0 Å². The zero-order valence-electron chi connectivity index (χ0n) is 12.2. The molecule has 0 bridgehead atoms. The Balaban J connectivity index is 1.86. The second-order valence-electron chi connectivity index (χ2n) is 4.96. The van der Waals surface area contributed by atoms with Gasteiger partial charge in [-0.15, -0.1) is 0 Å². The fraction of sp³-hybridized carbons (Fsp3) is 0.111. The summed E-state index contributed by atoms with van der Waals surface area (Å²) < 4.78 is 5.75. The Morgan fingerprint density at radius 1 is 1.00 bits per heavy atom. The number of hydrogen-bond acceptors (Lipinski definition) is 4. The highest BCUT2D eigenvalue weighted by molar-refractivity contribution is 5.63. The minimum atomic E-state index is 0.0191. The van der Waals surface area contributed by atoms with Crippen molar-refractivity contribution in [3.05, 3.63) is 72.1 Å². The molecule has 110 valence electrons. The number of hydrogen-bond donors (Lipinski definition) is 1. The summed E-state index contributed by atoms with van der Waals surface area (Å²) in [6.45, 7) is 2.07. The smallest absolute Gasteiger partial charge is 0.222 e. The maximum absolute atomic E-state index is 9.05. The summed E-state index contributed by atoms with van der Waals surface area (Å²) in [5.41, 5.74) is 3.88. The maximum atomic E-state index is 9.05. The van der Waals surface area contributed by atoms with E-state index in [2.05, 4.69) is 9.97 Å². The van der Waals surface area contributed by atoms with E-state index in [4.69, 9.17) is 9.84 Å². The summed E-state index contributed by atoms with van der Waals surface area (Å²) in [5.74, 6) is 1.16. The molecule has 0 aliphatic heterocycles. The van der Waals surface area contributed by atoms with Crippen LogP contribution in [0.25, 0.3) is 11.3 Å². The van der Waals surface area contributed by atoms with Gasteiger partial charge in [-0.2, -0.15) is 0 Å². The Morgan fingerprint density at radius 2 is 1.77 bits per heavy atom. The zero-order valence-corrected chi connectivity index (χ0v) is 12.2. The lowest BCUT2D eigenvalue weighted by molar-refractivity contribution is 0.281. The molecule has 0 fully saturated rings. The molecule has 0 saturated heterocycles. The Morgan fingerprint density at radius 3 is 2.50 bits per heavy atom. The van der Waals surface area contributed by atoms with Crippen LogP contribution in [-0.4, -0.2) is 15.1 Å². The van der Waals surface area contributed by atoms with Gasteiger partial charge in [0.05, 0.1) is 12.3 Å². The van der Waals surface area contributed by atoms with Crippen molar-refractivity contribution >= 4 is 0 Å². The highest BCUT2D eigenvalue weighted by Gasteiger charge is 2.06. The van der Waals surface area contributed by atoms with Crippen LogP contribution in [0.2, 0.25) is 0 Å². The van der Waals surface area contributed by atoms with Crippen LogP contribution in [0.5, 0.6) is 11.6 Å². The number of rotatable bonds is 4. The van der Waals surface area contributed by atoms with E-state index in [0.717, 1.165) is 22.4 Å². The van der Waals surface area contributed by atoms with Gasteiger partial charge in [-0.05, 0) is 30.2 Å². The zero-order chi connectivity index (χ0) is 15.4. The molecule has 0 unspecified atom stereocenters. The summed E-state index contributed by atoms with van der Waals surface area (Å²) in [5, 5.41) is 9.05. The van der Waals surface area contributed by atoms with E-state index >= 15 is 0 Å². The molecular weight excluding hydrogens is 276 g/mol. The first-order valence-corrected chi connectivity index (χ1v) is 7.02. The van der Waals surface area contributed by atoms with Crippen molar-refractivity contribution in [2.75, 3.05) is 0 Å². The standard InChI is InChI=1S/C18H16N2O2/c1-13-4-2-3-5-16(13)17-10-18(20-12-19-17)22-15-8-6-14(11-21)7-9-15/h2-10,12,21H,11H2,1H3. The number of ether oxygens (including phenoxy) is 1. The molecule has 0 saturated carbocycles. The molecule has 0 aliphatic rings. The summed E-state index contributed by atoms with van der Waals surface area (Å²) in [6.07, 6.45) is 1.50. The molecule has 1 aromatic heterocycles. The predicted octanol–water partition coefficient (Wildman–Crippen LogP) is 3.74. The van der Waals surface area contributed by atoms with Gasteiger partial charge in [-0.1, -0.05) is 36.4 Å². The number of aryl methyl sites for hydroxylation is 1. The van der Waals surface area contributed by atoms with Gasteiger partial charge in [0, 0.05) is 11.6 Å². The summed E-state index contributed by atoms with van der Waals surface area (Å²) in [7, 11) is 0. The van der Waals surface area contributed by atoms with E-state index in [-0.39, 0.29) is 6.61 Å². The summed E-state index contributed by atoms with van der Waals surface area (Å²) in [4.78, 5) is 8.47. The second-order valence-corrected chi connectivity index (χ2v) is 4.96. The average Bonchev–Trinajstić information content (AvgIpc) is 2.56. The summed E-state index contributed by atoms with van der Waals surface area (Å²) >= 11 is 0. The van der Waals surface area contributed by atoms with Gasteiger partial charge in [0.25, 0.3) is 0 Å². The largest absolute Gasteiger partial charge is 0.439 e. The van der Waals surface area contributed by atoms with Crippen LogP contribution in [0, 0.1) is 6.92 Å². The van der Waals surface area contributed by atoms with Crippen molar-refractivity contribution < 1.29 is 9.84 Å². The van der Waals surface area contributed by atoms with Crippen molar-refractivity contribution in [3.63, 3.8) is 0 Å². The first kappa shape index (κ1) is 14.2. The normalized spacial score (nSPS) is 10.5. The van der Waals surface area contributed by atoms with E-state index in [9.17, 15) is 0 Å². The molecule has 0 aliphatic carbocycles. The minimum Gasteiger partial charge on any atom is -0.439 e. The Labute approximate surface area is 129 Å². The third kappa shape index (κ3) is 3.13. The van der Waals surface area contributed by atoms with Gasteiger partial charge >= 0.3 is 0 Å². The van der Waals surface area contributed by atoms with Gasteiger partial charge in [-0.3, -0.25) is 0 Å². The van der Waals surface area contributed by atoms with E-state index in [1.54, 1.807) is 12.1 Å². The monoisotopic (exact) mass is 292 g/mol. The Hall–Kier alpha value is -2.72. The molecule has 3 rings (SSSR count). The molecule has 0 spiro atoms. The fourth-order valence-electron chi connectivity index (χ4n) is 2.19. The molecule has 2 aromatic carbocycles. The number of aliphatic hydroxyl groups is 1. The lowest BCUT2D eigenvalue weighted by Gasteiger charge is -2.08. The lowest BCUT2D eigenvalue weighted by atomic mass is 10.1. The van der Waals surface area contributed by atoms with Crippen LogP contribution < -0.4 is 4.74 Å². The van der Waals surface area contributed by atoms with Crippen molar-refractivity contribution in [1.29, 1.82) is 0 Å². The number of aromatic nitrogens is 2. The molecule has 0 amide bonds. The van der Waals surface area contributed by atoms with Gasteiger partial charge in [0.15, 0.2) is 0 Å². The fourth-order valence-corrected chi connectivity index (χ4v) is 2.19. The number of aliphatic hydroxyl groups excluding tert-OH is 1. The molecule has 4 heteroatoms. The molecule has 0 atom stereocenters. The molecule has 22 heavy (non-hydrogen) atoms. The minimum absolute atomic E-state index is 0.0191. The Bertz CT molecular complexity index is 770. The van der Waals surface area contributed by atoms with Crippen LogP contribution in [0.15, 0.2) is 60.9 Å². The van der Waals surface area contributed by atoms with Crippen molar-refractivity contribution in [1.82, 2.24) is 9.97 Å². The van der Waals surface area contributed by atoms with Crippen molar-refractivity contribution in [2.24, 2.45) is 0 Å². The van der Waals surface area contributed by atoms with Crippen LogP contribution in [-0.2, 0) is 6.61 Å². The molecule has 0 radical (unpaired) electrons. The third-order valence-electron chi connectivity index (χ3n) is 3.39. The van der Waals surface area contributed by atoms with Gasteiger partial charge < -0.3 is 9.84 Å². The maximum Gasteiger partial charge on any atom is 0.222 e. The van der Waals surface area contributed by atoms with E-state index in [1.165, 1.54) is 6.33 Å². The van der Waals surface area contributed by atoms with Crippen molar-refractivity contribution in [2.45, 2.75) is 13.5 Å². The topological polar surface area (TPSA) is 55.2 Å². The van der Waals surface area contributed by atoms with E-state index in [0.29, 0.717) is 11.6 Å². The summed E-state index contributed by atoms with van der Waals surface area (Å²) in [6, 6.07) is 17.1. The molecule has 3 aromatic rings. The highest BCUT2D eigenvalue weighted by atomic mass is 16.5. The molecule has 1 N–H and O–H groups in total. The molecular formula is C18H16N2O2. The first-order chi connectivity index (χ1) is 10.8. The van der Waals surface area contributed by atoms with Crippen LogP contribution in [0.4, 0.5) is 0 Å². The van der Waals surface area contributed by atoms with Gasteiger partial charge in [-0.25, -0.2) is 9.97 Å². The predicted molar refractivity (Wildman–Crippen MR) is 84.6 cm³/mol. The van der Waals surface area contributed by atoms with E-state index in [1.807, 2.05) is 49.4 Å². The lowest BCUT2D eigenvalue weighted by Crippen LogP contribution is -1.93. The molecule has 4 nitrogen and oxygen atoms in total. The third-order valence-corrected chi connectivity index (χ3v) is 3.39. The average molecular weight is 292 g/mol. The van der Waals surface area contributed by atoms with E-state index < -0.39 is 0 Å². The number of benzene rings is 2. The van der Waals surface area contributed by atoms with Gasteiger partial charge in [0.2, 0.25) is 5.88 Å². The van der Waals surface area contributed by atoms with Crippen molar-refractivity contribution in [3.8, 4) is 22.9 Å². The second kappa shape index (κ2) is 6.37.